The average molecular weight is 740 g/mol. The summed E-state index contributed by atoms with van der Waals surface area (Å²) in [6.45, 7) is 0. The Kier molecular flexibility index (Phi) is 6.44. The summed E-state index contributed by atoms with van der Waals surface area (Å²) < 4.78 is 2.23. The molecule has 3 aliphatic heterocycles. The number of hydrogen-bond acceptors (Lipinski definition) is 4. The molecule has 0 amide bonds. The van der Waals surface area contributed by atoms with E-state index < -0.39 is 0 Å². The summed E-state index contributed by atoms with van der Waals surface area (Å²) in [6.07, 6.45) is -0.291. The highest BCUT2D eigenvalue weighted by molar-refractivity contribution is 6.25. The summed E-state index contributed by atoms with van der Waals surface area (Å²) in [5.74, 6) is 1.46. The number of benzene rings is 9. The zero-order valence-corrected chi connectivity index (χ0v) is 31.3. The molecule has 0 aliphatic carbocycles. The zero-order valence-electron chi connectivity index (χ0n) is 31.3. The Bertz CT molecular complexity index is 3430. The van der Waals surface area contributed by atoms with Crippen LogP contribution in [0.25, 0.3) is 76.7 Å². The fraction of sp³-hybridized carbons (Fsp3) is 0.0189. The van der Waals surface area contributed by atoms with Crippen LogP contribution in [0, 0.1) is 0 Å². The van der Waals surface area contributed by atoms with Crippen LogP contribution < -0.4 is 10.2 Å². The van der Waals surface area contributed by atoms with Crippen LogP contribution in [-0.2, 0) is 0 Å². The second-order valence-electron chi connectivity index (χ2n) is 15.4. The Hall–Kier alpha value is -7.76. The van der Waals surface area contributed by atoms with E-state index in [1.165, 1.54) is 72.0 Å². The molecule has 0 radical (unpaired) electrons. The lowest BCUT2D eigenvalue weighted by Gasteiger charge is -2.39. The summed E-state index contributed by atoms with van der Waals surface area (Å²) in [7, 11) is 0. The third kappa shape index (κ3) is 4.41. The first kappa shape index (κ1) is 31.4. The van der Waals surface area contributed by atoms with Crippen molar-refractivity contribution in [2.75, 3.05) is 4.90 Å². The molecule has 270 valence electrons. The van der Waals surface area contributed by atoms with Gasteiger partial charge in [0.25, 0.3) is 0 Å². The van der Waals surface area contributed by atoms with Gasteiger partial charge in [0.15, 0.2) is 0 Å². The van der Waals surface area contributed by atoms with Crippen molar-refractivity contribution in [2.45, 2.75) is 6.17 Å². The van der Waals surface area contributed by atoms with Gasteiger partial charge in [-0.15, -0.1) is 0 Å². The van der Waals surface area contributed by atoms with Gasteiger partial charge in [-0.05, 0) is 75.0 Å². The van der Waals surface area contributed by atoms with Crippen LogP contribution >= 0.6 is 0 Å². The van der Waals surface area contributed by atoms with Gasteiger partial charge in [0.2, 0.25) is 5.96 Å². The second kappa shape index (κ2) is 11.9. The van der Waals surface area contributed by atoms with Gasteiger partial charge >= 0.3 is 0 Å². The predicted octanol–water partition coefficient (Wildman–Crippen LogP) is 13.2. The number of nitrogens with one attached hydrogen (secondary N) is 1. The molecule has 1 N–H and O–H groups in total. The summed E-state index contributed by atoms with van der Waals surface area (Å²) in [4.78, 5) is 13.0. The molecule has 9 aromatic carbocycles. The minimum atomic E-state index is -0.291. The molecule has 58 heavy (non-hydrogen) atoms. The average Bonchev–Trinajstić information content (AvgIpc) is 3.63. The number of aromatic nitrogens is 1. The smallest absolute Gasteiger partial charge is 0.234 e. The zero-order chi connectivity index (χ0) is 37.9. The fourth-order valence-electron chi connectivity index (χ4n) is 9.71. The molecule has 0 fully saturated rings. The van der Waals surface area contributed by atoms with Crippen molar-refractivity contribution < 1.29 is 0 Å². The Morgan fingerprint density at radius 2 is 1.14 bits per heavy atom. The van der Waals surface area contributed by atoms with Crippen molar-refractivity contribution in [3.63, 3.8) is 0 Å². The van der Waals surface area contributed by atoms with Gasteiger partial charge in [-0.1, -0.05) is 152 Å². The molecule has 0 spiro atoms. The highest BCUT2D eigenvalue weighted by Gasteiger charge is 2.33. The molecular weight excluding hydrogens is 707 g/mol. The number of hydrogen-bond donors (Lipinski definition) is 1. The van der Waals surface area contributed by atoms with Crippen molar-refractivity contribution in [1.29, 1.82) is 0 Å². The summed E-state index contributed by atoms with van der Waals surface area (Å²) >= 11 is 0. The SMILES string of the molecule is c1ccc(C2=NC(n3c4ccccc4c4cc(-c5ccc6c(c5)-c5cccc7ccc8c(c57)N6c5cccc6cccc-8c56)ccc43)=NC(c3ccccc3)N2)cc1. The van der Waals surface area contributed by atoms with E-state index in [4.69, 9.17) is 9.98 Å². The molecular formula is C53H33N5. The van der Waals surface area contributed by atoms with Crippen LogP contribution in [0.15, 0.2) is 198 Å². The lowest BCUT2D eigenvalue weighted by atomic mass is 9.82. The first-order valence-electron chi connectivity index (χ1n) is 19.9. The van der Waals surface area contributed by atoms with Crippen LogP contribution in [0.4, 0.5) is 17.1 Å². The largest absolute Gasteiger partial charge is 0.344 e. The molecule has 1 atom stereocenters. The van der Waals surface area contributed by atoms with Crippen molar-refractivity contribution in [1.82, 2.24) is 9.88 Å². The lowest BCUT2D eigenvalue weighted by molar-refractivity contribution is 0.668. The Morgan fingerprint density at radius 1 is 0.448 bits per heavy atom. The van der Waals surface area contributed by atoms with Crippen LogP contribution in [0.1, 0.15) is 17.3 Å². The predicted molar refractivity (Wildman–Crippen MR) is 241 cm³/mol. The monoisotopic (exact) mass is 739 g/mol. The summed E-state index contributed by atoms with van der Waals surface area (Å²) in [5.41, 5.74) is 15.4. The van der Waals surface area contributed by atoms with E-state index in [0.29, 0.717) is 5.96 Å². The molecule has 10 aromatic rings. The molecule has 0 saturated carbocycles. The molecule has 0 saturated heterocycles. The van der Waals surface area contributed by atoms with E-state index in [2.05, 4.69) is 179 Å². The second-order valence-corrected chi connectivity index (χ2v) is 15.4. The van der Waals surface area contributed by atoms with Crippen LogP contribution in [0.3, 0.4) is 0 Å². The molecule has 1 unspecified atom stereocenters. The topological polar surface area (TPSA) is 44.9 Å². The summed E-state index contributed by atoms with van der Waals surface area (Å²) in [6, 6.07) is 68.0. The molecule has 5 heteroatoms. The maximum absolute atomic E-state index is 5.27. The summed E-state index contributed by atoms with van der Waals surface area (Å²) in [5, 5.41) is 11.1. The Balaban J connectivity index is 0.995. The Morgan fingerprint density at radius 3 is 1.98 bits per heavy atom. The van der Waals surface area contributed by atoms with Gasteiger partial charge in [0.05, 0.1) is 28.1 Å². The first-order chi connectivity index (χ1) is 28.8. The number of anilines is 3. The van der Waals surface area contributed by atoms with Crippen LogP contribution in [0.2, 0.25) is 0 Å². The number of amidine groups is 1. The van der Waals surface area contributed by atoms with Gasteiger partial charge in [0.1, 0.15) is 12.0 Å². The molecule has 4 heterocycles. The number of rotatable bonds is 3. The van der Waals surface area contributed by atoms with E-state index in [0.717, 1.165) is 38.8 Å². The molecule has 1 aromatic heterocycles. The lowest BCUT2D eigenvalue weighted by Crippen LogP contribution is -2.35. The normalized spacial score (nSPS) is 15.0. The molecule has 3 aliphatic rings. The number of fused-ring (bicyclic) bond motifs is 8. The van der Waals surface area contributed by atoms with Gasteiger partial charge in [0, 0.05) is 38.2 Å². The van der Waals surface area contributed by atoms with Crippen LogP contribution in [-0.4, -0.2) is 16.4 Å². The van der Waals surface area contributed by atoms with E-state index in [-0.39, 0.29) is 6.17 Å². The van der Waals surface area contributed by atoms with Crippen molar-refractivity contribution in [3.8, 4) is 33.4 Å². The number of para-hydroxylation sites is 1. The first-order valence-corrected chi connectivity index (χ1v) is 19.9. The fourth-order valence-corrected chi connectivity index (χ4v) is 9.71. The van der Waals surface area contributed by atoms with E-state index in [9.17, 15) is 0 Å². The standard InChI is InChI=1S/C53H33N5/c1-3-12-34(13-4-1)51-54-52(35-14-5-2-6-15-35)56-53(55-51)58-44-22-8-7-19-38(44)42-30-36(26-29-46(42)58)37-25-28-45-43(31-37)40-21-10-17-33-24-27-41-39-20-9-16-32-18-11-23-47(48(32)39)57(45)50(41)49(33)40/h1-31,51H,(H,54,55,56). The van der Waals surface area contributed by atoms with Gasteiger partial charge in [-0.2, -0.15) is 4.99 Å². The van der Waals surface area contributed by atoms with Crippen LogP contribution in [0.5, 0.6) is 0 Å². The Labute approximate surface area is 334 Å². The van der Waals surface area contributed by atoms with E-state index in [1.807, 2.05) is 24.3 Å². The molecule has 13 rings (SSSR count). The minimum absolute atomic E-state index is 0.291. The van der Waals surface area contributed by atoms with E-state index in [1.54, 1.807) is 0 Å². The number of aliphatic imine (C=N–C) groups is 2. The third-order valence-electron chi connectivity index (χ3n) is 12.3. The maximum atomic E-state index is 5.27. The van der Waals surface area contributed by atoms with Gasteiger partial charge in [-0.3, -0.25) is 4.57 Å². The van der Waals surface area contributed by atoms with Gasteiger partial charge in [-0.25, -0.2) is 4.99 Å². The minimum Gasteiger partial charge on any atom is -0.344 e. The van der Waals surface area contributed by atoms with Crippen molar-refractivity contribution in [3.05, 3.63) is 199 Å². The number of nitrogens with zero attached hydrogens (tertiary/aromatic N) is 4. The maximum Gasteiger partial charge on any atom is 0.234 e. The molecule has 5 nitrogen and oxygen atoms in total. The highest BCUT2D eigenvalue weighted by atomic mass is 15.3. The van der Waals surface area contributed by atoms with E-state index >= 15 is 0 Å². The third-order valence-corrected chi connectivity index (χ3v) is 12.3. The van der Waals surface area contributed by atoms with Gasteiger partial charge < -0.3 is 10.2 Å². The van der Waals surface area contributed by atoms with Crippen molar-refractivity contribution >= 4 is 72.2 Å². The quantitative estimate of drug-likeness (QED) is 0.196. The highest BCUT2D eigenvalue weighted by Crippen LogP contribution is 2.59. The molecule has 0 bridgehead atoms. The van der Waals surface area contributed by atoms with Crippen molar-refractivity contribution in [2.24, 2.45) is 9.98 Å².